The molecule has 0 spiro atoms. The Kier molecular flexibility index (Phi) is 3.34. The fourth-order valence-corrected chi connectivity index (χ4v) is 2.23. The van der Waals surface area contributed by atoms with Gasteiger partial charge in [-0.1, -0.05) is 0 Å². The molecule has 2 aromatic heterocycles. The number of rotatable bonds is 4. The zero-order valence-electron chi connectivity index (χ0n) is 11.6. The molecule has 20 heavy (non-hydrogen) atoms. The highest BCUT2D eigenvalue weighted by atomic mass is 19.1. The summed E-state index contributed by atoms with van der Waals surface area (Å²) in [7, 11) is 0. The second-order valence-corrected chi connectivity index (χ2v) is 5.29. The van der Waals surface area contributed by atoms with Crippen molar-refractivity contribution in [3.63, 3.8) is 0 Å². The van der Waals surface area contributed by atoms with Crippen molar-refractivity contribution < 1.29 is 4.39 Å². The van der Waals surface area contributed by atoms with Crippen molar-refractivity contribution in [1.29, 1.82) is 0 Å². The third kappa shape index (κ3) is 2.76. The highest BCUT2D eigenvalue weighted by Gasteiger charge is 2.27. The van der Waals surface area contributed by atoms with Crippen molar-refractivity contribution in [2.45, 2.75) is 38.6 Å². The first-order valence-corrected chi connectivity index (χ1v) is 6.85. The molecule has 1 N–H and O–H groups in total. The van der Waals surface area contributed by atoms with E-state index in [0.717, 1.165) is 30.2 Å². The van der Waals surface area contributed by atoms with Crippen molar-refractivity contribution in [3.8, 4) is 0 Å². The van der Waals surface area contributed by atoms with Crippen molar-refractivity contribution in [2.24, 2.45) is 0 Å². The van der Waals surface area contributed by atoms with E-state index >= 15 is 0 Å². The summed E-state index contributed by atoms with van der Waals surface area (Å²) in [5.41, 5.74) is 1.52. The topological polar surface area (TPSA) is 50.7 Å². The number of nitrogens with one attached hydrogen (secondary N) is 1. The van der Waals surface area contributed by atoms with Gasteiger partial charge >= 0.3 is 0 Å². The Morgan fingerprint density at radius 3 is 2.85 bits per heavy atom. The van der Waals surface area contributed by atoms with E-state index in [1.807, 2.05) is 19.9 Å². The molecule has 104 valence electrons. The molecule has 2 aromatic rings. The van der Waals surface area contributed by atoms with Crippen LogP contribution >= 0.6 is 0 Å². The van der Waals surface area contributed by atoms with Gasteiger partial charge in [0.05, 0.1) is 12.2 Å². The smallest absolute Gasteiger partial charge is 0.146 e. The number of pyridine rings is 1. The lowest BCUT2D eigenvalue weighted by Crippen LogP contribution is -2.11. The van der Waals surface area contributed by atoms with E-state index in [4.69, 9.17) is 0 Å². The number of aryl methyl sites for hydroxylation is 1. The monoisotopic (exact) mass is 272 g/mol. The first-order valence-electron chi connectivity index (χ1n) is 6.85. The summed E-state index contributed by atoms with van der Waals surface area (Å²) in [5.74, 6) is 1.85. The van der Waals surface area contributed by atoms with Gasteiger partial charge in [0.25, 0.3) is 0 Å². The quantitative estimate of drug-likeness (QED) is 0.927. The van der Waals surface area contributed by atoms with Crippen LogP contribution in [0.4, 0.5) is 10.2 Å². The van der Waals surface area contributed by atoms with Crippen molar-refractivity contribution >= 4 is 5.82 Å². The molecule has 0 aromatic carbocycles. The van der Waals surface area contributed by atoms with Crippen LogP contribution in [-0.4, -0.2) is 15.0 Å². The predicted molar refractivity (Wildman–Crippen MR) is 75.0 cm³/mol. The van der Waals surface area contributed by atoms with Crippen LogP contribution in [0, 0.1) is 12.7 Å². The molecular formula is C15H17FN4. The summed E-state index contributed by atoms with van der Waals surface area (Å²) < 4.78 is 13.7. The van der Waals surface area contributed by atoms with Crippen molar-refractivity contribution in [3.05, 3.63) is 47.4 Å². The Bertz CT molecular complexity index is 625. The summed E-state index contributed by atoms with van der Waals surface area (Å²) in [6.07, 6.45) is 5.15. The molecular weight excluding hydrogens is 255 g/mol. The molecule has 1 aliphatic carbocycles. The van der Waals surface area contributed by atoms with E-state index in [0.29, 0.717) is 11.5 Å². The molecule has 0 radical (unpaired) electrons. The normalized spacial score (nSPS) is 15.9. The number of hydrogen-bond donors (Lipinski definition) is 1. The van der Waals surface area contributed by atoms with E-state index in [1.54, 1.807) is 12.3 Å². The molecule has 1 unspecified atom stereocenters. The highest BCUT2D eigenvalue weighted by Crippen LogP contribution is 2.38. The lowest BCUT2D eigenvalue weighted by molar-refractivity contribution is 0.593. The minimum Gasteiger partial charge on any atom is -0.363 e. The summed E-state index contributed by atoms with van der Waals surface area (Å²) in [5, 5.41) is 3.24. The van der Waals surface area contributed by atoms with Crippen LogP contribution in [0.5, 0.6) is 0 Å². The van der Waals surface area contributed by atoms with Crippen LogP contribution in [0.25, 0.3) is 0 Å². The Labute approximate surface area is 117 Å². The highest BCUT2D eigenvalue weighted by molar-refractivity contribution is 5.40. The molecule has 4 nitrogen and oxygen atoms in total. The van der Waals surface area contributed by atoms with Gasteiger partial charge in [-0.2, -0.15) is 0 Å². The summed E-state index contributed by atoms with van der Waals surface area (Å²) in [6.45, 7) is 3.86. The fraction of sp³-hybridized carbons (Fsp3) is 0.400. The number of anilines is 1. The van der Waals surface area contributed by atoms with Crippen molar-refractivity contribution in [2.75, 3.05) is 5.32 Å². The average Bonchev–Trinajstić information content (AvgIpc) is 3.22. The van der Waals surface area contributed by atoms with Crippen LogP contribution in [0.3, 0.4) is 0 Å². The number of hydrogen-bond acceptors (Lipinski definition) is 4. The molecule has 0 aliphatic heterocycles. The maximum Gasteiger partial charge on any atom is 0.146 e. The van der Waals surface area contributed by atoms with Gasteiger partial charge < -0.3 is 5.32 Å². The molecule has 1 saturated carbocycles. The molecule has 2 heterocycles. The van der Waals surface area contributed by atoms with Crippen LogP contribution < -0.4 is 5.32 Å². The Balaban J connectivity index is 1.82. The first kappa shape index (κ1) is 13.0. The number of halogens is 1. The van der Waals surface area contributed by atoms with E-state index < -0.39 is 0 Å². The van der Waals surface area contributed by atoms with Gasteiger partial charge in [-0.05, 0) is 32.8 Å². The van der Waals surface area contributed by atoms with Crippen LogP contribution in [0.1, 0.15) is 48.8 Å². The van der Waals surface area contributed by atoms with Gasteiger partial charge in [0, 0.05) is 29.4 Å². The van der Waals surface area contributed by atoms with E-state index in [2.05, 4.69) is 20.3 Å². The maximum atomic E-state index is 13.7. The first-order chi connectivity index (χ1) is 9.63. The van der Waals surface area contributed by atoms with Gasteiger partial charge in [-0.25, -0.2) is 14.4 Å². The molecule has 5 heteroatoms. The Morgan fingerprint density at radius 1 is 1.35 bits per heavy atom. The van der Waals surface area contributed by atoms with Gasteiger partial charge in [-0.15, -0.1) is 0 Å². The number of nitrogens with zero attached hydrogens (tertiary/aromatic N) is 3. The third-order valence-corrected chi connectivity index (χ3v) is 3.45. The summed E-state index contributed by atoms with van der Waals surface area (Å²) in [6, 6.07) is 3.41. The second-order valence-electron chi connectivity index (χ2n) is 5.29. The van der Waals surface area contributed by atoms with Crippen LogP contribution in [-0.2, 0) is 0 Å². The zero-order valence-corrected chi connectivity index (χ0v) is 11.6. The standard InChI is InChI=1S/C15H17FN4/c1-9-7-14(20-15(18-9)11-3-4-11)19-10(2)12-5-6-17-8-13(12)16/h5-8,10-11H,3-4H2,1-2H3,(H,18,19,20). The van der Waals surface area contributed by atoms with E-state index in [9.17, 15) is 4.39 Å². The van der Waals surface area contributed by atoms with E-state index in [1.165, 1.54) is 6.20 Å². The Morgan fingerprint density at radius 2 is 2.15 bits per heavy atom. The van der Waals surface area contributed by atoms with E-state index in [-0.39, 0.29) is 11.9 Å². The second kappa shape index (κ2) is 5.15. The fourth-order valence-electron chi connectivity index (χ4n) is 2.23. The average molecular weight is 272 g/mol. The third-order valence-electron chi connectivity index (χ3n) is 3.45. The minimum absolute atomic E-state index is 0.167. The molecule has 1 fully saturated rings. The molecule has 0 saturated heterocycles. The molecule has 1 atom stereocenters. The van der Waals surface area contributed by atoms with Gasteiger partial charge in [0.2, 0.25) is 0 Å². The molecule has 0 bridgehead atoms. The predicted octanol–water partition coefficient (Wildman–Crippen LogP) is 3.37. The molecule has 3 rings (SSSR count). The summed E-state index contributed by atoms with van der Waals surface area (Å²) in [4.78, 5) is 12.8. The van der Waals surface area contributed by atoms with Gasteiger partial charge in [-0.3, -0.25) is 4.98 Å². The summed E-state index contributed by atoms with van der Waals surface area (Å²) >= 11 is 0. The number of aromatic nitrogens is 3. The zero-order chi connectivity index (χ0) is 14.1. The van der Waals surface area contributed by atoms with Gasteiger partial charge in [0.1, 0.15) is 17.5 Å². The van der Waals surface area contributed by atoms with Crippen LogP contribution in [0.15, 0.2) is 24.5 Å². The Hall–Kier alpha value is -2.04. The van der Waals surface area contributed by atoms with Crippen LogP contribution in [0.2, 0.25) is 0 Å². The largest absolute Gasteiger partial charge is 0.363 e. The lowest BCUT2D eigenvalue weighted by Gasteiger charge is -2.16. The van der Waals surface area contributed by atoms with Gasteiger partial charge in [0.15, 0.2) is 0 Å². The lowest BCUT2D eigenvalue weighted by atomic mass is 10.1. The molecule has 1 aliphatic rings. The minimum atomic E-state index is -0.305. The SMILES string of the molecule is Cc1cc(NC(C)c2ccncc2F)nc(C2CC2)n1. The maximum absolute atomic E-state index is 13.7. The van der Waals surface area contributed by atoms with Crippen molar-refractivity contribution in [1.82, 2.24) is 15.0 Å². The molecule has 0 amide bonds.